The Kier molecular flexibility index (Phi) is 7.59. The second-order valence-corrected chi connectivity index (χ2v) is 7.40. The number of carbonyl (C=O) groups excluding carboxylic acids is 1. The van der Waals surface area contributed by atoms with Gasteiger partial charge < -0.3 is 15.0 Å². The van der Waals surface area contributed by atoms with Gasteiger partial charge >= 0.3 is 0 Å². The molecule has 164 valence electrons. The maximum atomic E-state index is 13.3. The first kappa shape index (κ1) is 22.7. The molecular formula is C23H27FN4O2S. The Labute approximate surface area is 186 Å². The Morgan fingerprint density at radius 1 is 1.23 bits per heavy atom. The lowest BCUT2D eigenvalue weighted by Gasteiger charge is -2.30. The fourth-order valence-corrected chi connectivity index (χ4v) is 3.90. The van der Waals surface area contributed by atoms with E-state index in [0.29, 0.717) is 22.7 Å². The third-order valence-corrected chi connectivity index (χ3v) is 5.58. The van der Waals surface area contributed by atoms with Crippen molar-refractivity contribution in [1.82, 2.24) is 19.8 Å². The van der Waals surface area contributed by atoms with Gasteiger partial charge in [0.25, 0.3) is 5.91 Å². The van der Waals surface area contributed by atoms with Gasteiger partial charge in [0.15, 0.2) is 4.77 Å². The molecule has 1 atom stereocenters. The van der Waals surface area contributed by atoms with Gasteiger partial charge in [-0.1, -0.05) is 26.0 Å². The first-order chi connectivity index (χ1) is 15.0. The molecule has 31 heavy (non-hydrogen) atoms. The van der Waals surface area contributed by atoms with Crippen LogP contribution in [0.3, 0.4) is 0 Å². The molecule has 2 aromatic carbocycles. The van der Waals surface area contributed by atoms with Crippen LogP contribution in [-0.4, -0.2) is 47.1 Å². The number of methoxy groups -OCH3 is 1. The van der Waals surface area contributed by atoms with Crippen molar-refractivity contribution in [2.75, 3.05) is 26.7 Å². The van der Waals surface area contributed by atoms with Crippen molar-refractivity contribution < 1.29 is 13.9 Å². The minimum absolute atomic E-state index is 0.0183. The highest BCUT2D eigenvalue weighted by Crippen LogP contribution is 2.24. The number of hydrogen-bond acceptors (Lipinski definition) is 4. The summed E-state index contributed by atoms with van der Waals surface area (Å²) in [5.74, 6) is 0.158. The number of H-pyrrole nitrogens is 1. The minimum atomic E-state index is -0.350. The van der Waals surface area contributed by atoms with E-state index in [-0.39, 0.29) is 17.8 Å². The Balaban J connectivity index is 1.85. The number of carbonyl (C=O) groups is 1. The molecule has 0 radical (unpaired) electrons. The first-order valence-corrected chi connectivity index (χ1v) is 10.6. The van der Waals surface area contributed by atoms with Crippen LogP contribution in [0.2, 0.25) is 0 Å². The van der Waals surface area contributed by atoms with Crippen LogP contribution >= 0.6 is 12.2 Å². The number of ether oxygens (including phenoxy) is 1. The number of halogens is 1. The molecule has 0 aliphatic heterocycles. The van der Waals surface area contributed by atoms with E-state index in [1.54, 1.807) is 30.0 Å². The summed E-state index contributed by atoms with van der Waals surface area (Å²) in [5.41, 5.74) is 2.04. The maximum Gasteiger partial charge on any atom is 0.269 e. The molecule has 0 saturated carbocycles. The van der Waals surface area contributed by atoms with E-state index >= 15 is 0 Å². The van der Waals surface area contributed by atoms with Gasteiger partial charge in [-0.3, -0.25) is 14.3 Å². The lowest BCUT2D eigenvalue weighted by Crippen LogP contribution is -2.38. The van der Waals surface area contributed by atoms with E-state index in [1.165, 1.54) is 12.1 Å². The highest BCUT2D eigenvalue weighted by Gasteiger charge is 2.21. The van der Waals surface area contributed by atoms with Gasteiger partial charge in [-0.05, 0) is 67.3 Å². The Bertz CT molecular complexity index is 1070. The number of amides is 1. The van der Waals surface area contributed by atoms with Crippen LogP contribution in [-0.2, 0) is 0 Å². The fraction of sp³-hybridized carbons (Fsp3) is 0.304. The number of rotatable bonds is 9. The van der Waals surface area contributed by atoms with Crippen LogP contribution in [0.25, 0.3) is 5.69 Å². The number of aromatic amines is 1. The highest BCUT2D eigenvalue weighted by molar-refractivity contribution is 7.71. The molecule has 2 N–H and O–H groups in total. The van der Waals surface area contributed by atoms with Crippen LogP contribution < -0.4 is 10.1 Å². The van der Waals surface area contributed by atoms with Crippen molar-refractivity contribution in [2.45, 2.75) is 19.9 Å². The summed E-state index contributed by atoms with van der Waals surface area (Å²) >= 11 is 5.34. The molecular weight excluding hydrogens is 415 g/mol. The number of nitrogens with one attached hydrogen (secondary N) is 2. The summed E-state index contributed by atoms with van der Waals surface area (Å²) < 4.78 is 20.7. The summed E-state index contributed by atoms with van der Waals surface area (Å²) in [6, 6.07) is 13.7. The smallest absolute Gasteiger partial charge is 0.269 e. The molecule has 0 saturated heterocycles. The molecule has 3 rings (SSSR count). The van der Waals surface area contributed by atoms with Crippen molar-refractivity contribution in [3.8, 4) is 11.4 Å². The molecule has 1 amide bonds. The topological polar surface area (TPSA) is 62.3 Å². The summed E-state index contributed by atoms with van der Waals surface area (Å²) in [6.45, 7) is 6.27. The van der Waals surface area contributed by atoms with Crippen molar-refractivity contribution in [2.24, 2.45) is 0 Å². The van der Waals surface area contributed by atoms with Crippen LogP contribution in [0.15, 0.2) is 54.7 Å². The van der Waals surface area contributed by atoms with E-state index in [1.807, 2.05) is 24.3 Å². The minimum Gasteiger partial charge on any atom is -0.497 e. The quantitative estimate of drug-likeness (QED) is 0.479. The molecule has 8 heteroatoms. The lowest BCUT2D eigenvalue weighted by molar-refractivity contribution is 0.0928. The van der Waals surface area contributed by atoms with Gasteiger partial charge in [0.05, 0.1) is 13.2 Å². The Morgan fingerprint density at radius 2 is 1.94 bits per heavy atom. The monoisotopic (exact) mass is 442 g/mol. The largest absolute Gasteiger partial charge is 0.497 e. The van der Waals surface area contributed by atoms with Crippen LogP contribution in [0.1, 0.15) is 35.9 Å². The summed E-state index contributed by atoms with van der Waals surface area (Å²) in [4.78, 5) is 18.2. The molecule has 0 unspecified atom stereocenters. The third-order valence-electron chi connectivity index (χ3n) is 5.28. The van der Waals surface area contributed by atoms with E-state index in [9.17, 15) is 9.18 Å². The van der Waals surface area contributed by atoms with Crippen LogP contribution in [0, 0.1) is 10.6 Å². The van der Waals surface area contributed by atoms with E-state index < -0.39 is 0 Å². The van der Waals surface area contributed by atoms with Gasteiger partial charge in [-0.25, -0.2) is 4.39 Å². The number of benzene rings is 2. The SMILES string of the molecule is CCN(CC)[C@H](CNC(=O)c1c[nH]c(=S)n1-c1ccc(F)cc1)c1cccc(OC)c1. The molecule has 0 spiro atoms. The predicted octanol–water partition coefficient (Wildman–Crippen LogP) is 4.50. The average Bonchev–Trinajstić information content (AvgIpc) is 3.18. The molecule has 0 aliphatic rings. The zero-order valence-corrected chi connectivity index (χ0v) is 18.7. The molecule has 3 aromatic rings. The number of likely N-dealkylation sites (N-methyl/N-ethyl adjacent to an activating group) is 1. The van der Waals surface area contributed by atoms with Crippen molar-refractivity contribution in [3.63, 3.8) is 0 Å². The number of imidazole rings is 1. The highest BCUT2D eigenvalue weighted by atomic mass is 32.1. The molecule has 0 fully saturated rings. The standard InChI is InChI=1S/C23H27FN4O2S/c1-4-27(5-2)20(16-7-6-8-19(13-16)30-3)14-25-22(29)21-15-26-23(31)28(21)18-11-9-17(24)10-12-18/h6-13,15,20H,4-5,14H2,1-3H3,(H,25,29)(H,26,31)/t20-/m1/s1. The van der Waals surface area contributed by atoms with Gasteiger partial charge in [0.1, 0.15) is 17.3 Å². The van der Waals surface area contributed by atoms with E-state index in [0.717, 1.165) is 24.4 Å². The normalized spacial score (nSPS) is 12.0. The fourth-order valence-electron chi connectivity index (χ4n) is 3.63. The van der Waals surface area contributed by atoms with Crippen LogP contribution in [0.5, 0.6) is 5.75 Å². The average molecular weight is 443 g/mol. The summed E-state index contributed by atoms with van der Waals surface area (Å²) in [6.07, 6.45) is 1.57. The van der Waals surface area contributed by atoms with Gasteiger partial charge in [0, 0.05) is 18.4 Å². The third kappa shape index (κ3) is 5.21. The van der Waals surface area contributed by atoms with Gasteiger partial charge in [0.2, 0.25) is 0 Å². The summed E-state index contributed by atoms with van der Waals surface area (Å²) in [5, 5.41) is 3.04. The lowest BCUT2D eigenvalue weighted by atomic mass is 10.0. The van der Waals surface area contributed by atoms with Gasteiger partial charge in [-0.2, -0.15) is 0 Å². The molecule has 1 heterocycles. The van der Waals surface area contributed by atoms with Crippen LogP contribution in [0.4, 0.5) is 4.39 Å². The number of aromatic nitrogens is 2. The molecule has 0 bridgehead atoms. The van der Waals surface area contributed by atoms with Crippen molar-refractivity contribution >= 4 is 18.1 Å². The Morgan fingerprint density at radius 3 is 2.58 bits per heavy atom. The molecule has 6 nitrogen and oxygen atoms in total. The molecule has 0 aliphatic carbocycles. The van der Waals surface area contributed by atoms with Crippen molar-refractivity contribution in [3.05, 3.63) is 76.6 Å². The number of nitrogens with zero attached hydrogens (tertiary/aromatic N) is 2. The van der Waals surface area contributed by atoms with E-state index in [2.05, 4.69) is 29.0 Å². The number of hydrogen-bond donors (Lipinski definition) is 2. The zero-order valence-electron chi connectivity index (χ0n) is 17.9. The maximum absolute atomic E-state index is 13.3. The van der Waals surface area contributed by atoms with Gasteiger partial charge in [-0.15, -0.1) is 0 Å². The predicted molar refractivity (Wildman–Crippen MR) is 122 cm³/mol. The van der Waals surface area contributed by atoms with Crippen molar-refractivity contribution in [1.29, 1.82) is 0 Å². The summed E-state index contributed by atoms with van der Waals surface area (Å²) in [7, 11) is 1.64. The first-order valence-electron chi connectivity index (χ1n) is 10.2. The van der Waals surface area contributed by atoms with E-state index in [4.69, 9.17) is 17.0 Å². The molecule has 1 aromatic heterocycles. The second kappa shape index (κ2) is 10.4. The second-order valence-electron chi connectivity index (χ2n) is 7.01. The zero-order chi connectivity index (χ0) is 22.4. The Hall–Kier alpha value is -2.97.